The molecule has 4 atom stereocenters. The van der Waals surface area contributed by atoms with Crippen molar-refractivity contribution in [2.75, 3.05) is 27.3 Å². The summed E-state index contributed by atoms with van der Waals surface area (Å²) in [6.07, 6.45) is 2.54. The summed E-state index contributed by atoms with van der Waals surface area (Å²) in [6.45, 7) is 1.06. The van der Waals surface area contributed by atoms with Gasteiger partial charge in [0.15, 0.2) is 0 Å². The van der Waals surface area contributed by atoms with Crippen LogP contribution in [-0.4, -0.2) is 61.4 Å². The van der Waals surface area contributed by atoms with Crippen molar-refractivity contribution < 1.29 is 24.2 Å². The number of methoxy groups -OCH3 is 2. The molecule has 2 fully saturated rings. The highest BCUT2D eigenvalue weighted by atomic mass is 16.5. The molecule has 1 aliphatic carbocycles. The number of carbonyl (C=O) groups is 2. The summed E-state index contributed by atoms with van der Waals surface area (Å²) in [4.78, 5) is 25.4. The number of rotatable bonds is 4. The minimum Gasteiger partial charge on any atom is -0.481 e. The molecule has 1 heterocycles. The number of nitrogens with zero attached hydrogens (tertiary/aromatic N) is 1. The zero-order valence-electron chi connectivity index (χ0n) is 12.1. The van der Waals surface area contributed by atoms with Crippen molar-refractivity contribution in [3.63, 3.8) is 0 Å². The van der Waals surface area contributed by atoms with E-state index in [2.05, 4.69) is 0 Å². The van der Waals surface area contributed by atoms with Gasteiger partial charge < -0.3 is 19.5 Å². The second kappa shape index (κ2) is 6.54. The zero-order valence-corrected chi connectivity index (χ0v) is 12.1. The molecule has 1 saturated carbocycles. The van der Waals surface area contributed by atoms with Crippen molar-refractivity contribution in [3.8, 4) is 0 Å². The van der Waals surface area contributed by atoms with Gasteiger partial charge in [-0.25, -0.2) is 0 Å². The number of carboxylic acid groups (broad SMARTS) is 1. The van der Waals surface area contributed by atoms with Gasteiger partial charge in [-0.1, -0.05) is 6.42 Å². The molecule has 4 unspecified atom stereocenters. The van der Waals surface area contributed by atoms with Gasteiger partial charge in [0.25, 0.3) is 0 Å². The monoisotopic (exact) mass is 285 g/mol. The van der Waals surface area contributed by atoms with Gasteiger partial charge in [0.1, 0.15) is 12.2 Å². The largest absolute Gasteiger partial charge is 0.481 e. The van der Waals surface area contributed by atoms with Crippen LogP contribution in [-0.2, 0) is 19.1 Å². The fourth-order valence-electron chi connectivity index (χ4n) is 3.27. The molecule has 0 radical (unpaired) electrons. The van der Waals surface area contributed by atoms with Crippen LogP contribution in [0.4, 0.5) is 0 Å². The SMILES string of the molecule is COC1CN(C(=O)C2CCCC(C(=O)O)C2)CC1OC. The van der Waals surface area contributed by atoms with Crippen molar-refractivity contribution in [3.05, 3.63) is 0 Å². The Morgan fingerprint density at radius 1 is 1.05 bits per heavy atom. The third kappa shape index (κ3) is 3.12. The summed E-state index contributed by atoms with van der Waals surface area (Å²) in [6, 6.07) is 0. The molecule has 0 aromatic rings. The normalized spacial score (nSPS) is 34.2. The molecule has 20 heavy (non-hydrogen) atoms. The highest BCUT2D eigenvalue weighted by Crippen LogP contribution is 2.31. The first kappa shape index (κ1) is 15.3. The summed E-state index contributed by atoms with van der Waals surface area (Å²) in [5.74, 6) is -1.28. The van der Waals surface area contributed by atoms with Crippen LogP contribution in [0.3, 0.4) is 0 Å². The molecule has 114 valence electrons. The van der Waals surface area contributed by atoms with Crippen molar-refractivity contribution >= 4 is 11.9 Å². The maximum Gasteiger partial charge on any atom is 0.306 e. The quantitative estimate of drug-likeness (QED) is 0.825. The van der Waals surface area contributed by atoms with Crippen LogP contribution < -0.4 is 0 Å². The molecule has 2 aliphatic rings. The average molecular weight is 285 g/mol. The Bertz CT molecular complexity index is 361. The minimum atomic E-state index is -0.784. The highest BCUT2D eigenvalue weighted by Gasteiger charge is 2.39. The van der Waals surface area contributed by atoms with Gasteiger partial charge in [-0.05, 0) is 19.3 Å². The fourth-order valence-corrected chi connectivity index (χ4v) is 3.27. The topological polar surface area (TPSA) is 76.1 Å². The number of hydrogen-bond acceptors (Lipinski definition) is 4. The first-order valence-corrected chi connectivity index (χ1v) is 7.14. The number of ether oxygens (including phenoxy) is 2. The van der Waals surface area contributed by atoms with Gasteiger partial charge in [0.2, 0.25) is 5.91 Å². The lowest BCUT2D eigenvalue weighted by molar-refractivity contribution is -0.145. The van der Waals surface area contributed by atoms with Crippen LogP contribution in [0.15, 0.2) is 0 Å². The molecular formula is C14H23NO5. The van der Waals surface area contributed by atoms with Crippen LogP contribution in [0, 0.1) is 11.8 Å². The summed E-state index contributed by atoms with van der Waals surface area (Å²) in [7, 11) is 3.23. The third-order valence-electron chi connectivity index (χ3n) is 4.51. The average Bonchev–Trinajstić information content (AvgIpc) is 2.89. The molecule has 6 nitrogen and oxygen atoms in total. The van der Waals surface area contributed by atoms with Crippen molar-refractivity contribution in [1.82, 2.24) is 4.90 Å². The predicted molar refractivity (Wildman–Crippen MR) is 71.3 cm³/mol. The number of carboxylic acids is 1. The van der Waals surface area contributed by atoms with E-state index in [1.807, 2.05) is 0 Å². The van der Waals surface area contributed by atoms with Gasteiger partial charge in [-0.15, -0.1) is 0 Å². The van der Waals surface area contributed by atoms with Crippen molar-refractivity contribution in [2.24, 2.45) is 11.8 Å². The molecule has 1 N–H and O–H groups in total. The van der Waals surface area contributed by atoms with Gasteiger partial charge >= 0.3 is 5.97 Å². The maximum atomic E-state index is 12.5. The molecule has 0 aromatic carbocycles. The Hall–Kier alpha value is -1.14. The second-order valence-electron chi connectivity index (χ2n) is 5.69. The van der Waals surface area contributed by atoms with Crippen LogP contribution >= 0.6 is 0 Å². The summed E-state index contributed by atoms with van der Waals surface area (Å²) in [5, 5.41) is 9.10. The smallest absolute Gasteiger partial charge is 0.306 e. The van der Waals surface area contributed by atoms with Gasteiger partial charge in [-0.3, -0.25) is 9.59 Å². The molecule has 0 bridgehead atoms. The molecule has 1 amide bonds. The predicted octanol–water partition coefficient (Wildman–Crippen LogP) is 0.750. The van der Waals surface area contributed by atoms with E-state index in [-0.39, 0.29) is 30.0 Å². The van der Waals surface area contributed by atoms with E-state index in [4.69, 9.17) is 14.6 Å². The Balaban J connectivity index is 1.96. The Kier molecular flexibility index (Phi) is 4.99. The Labute approximate surface area is 119 Å². The zero-order chi connectivity index (χ0) is 14.7. The van der Waals surface area contributed by atoms with E-state index in [0.29, 0.717) is 25.9 Å². The van der Waals surface area contributed by atoms with E-state index in [9.17, 15) is 9.59 Å². The lowest BCUT2D eigenvalue weighted by Gasteiger charge is -2.29. The highest BCUT2D eigenvalue weighted by molar-refractivity contribution is 5.80. The first-order chi connectivity index (χ1) is 9.56. The molecule has 1 aliphatic heterocycles. The van der Waals surface area contributed by atoms with E-state index < -0.39 is 5.97 Å². The number of hydrogen-bond donors (Lipinski definition) is 1. The molecule has 6 heteroatoms. The maximum absolute atomic E-state index is 12.5. The molecular weight excluding hydrogens is 262 g/mol. The van der Waals surface area contributed by atoms with Crippen molar-refractivity contribution in [1.29, 1.82) is 0 Å². The Morgan fingerprint density at radius 3 is 2.10 bits per heavy atom. The summed E-state index contributed by atoms with van der Waals surface area (Å²) in [5.41, 5.74) is 0. The third-order valence-corrected chi connectivity index (χ3v) is 4.51. The Morgan fingerprint density at radius 2 is 1.60 bits per heavy atom. The lowest BCUT2D eigenvalue weighted by Crippen LogP contribution is -2.38. The fraction of sp³-hybridized carbons (Fsp3) is 0.857. The molecule has 1 saturated heterocycles. The first-order valence-electron chi connectivity index (χ1n) is 7.14. The van der Waals surface area contributed by atoms with Crippen LogP contribution in [0.1, 0.15) is 25.7 Å². The van der Waals surface area contributed by atoms with Crippen LogP contribution in [0.5, 0.6) is 0 Å². The number of amides is 1. The van der Waals surface area contributed by atoms with Gasteiger partial charge in [-0.2, -0.15) is 0 Å². The minimum absolute atomic E-state index is 0.0533. The van der Waals surface area contributed by atoms with Crippen LogP contribution in [0.2, 0.25) is 0 Å². The number of aliphatic carboxylic acids is 1. The van der Waals surface area contributed by atoms with E-state index in [1.165, 1.54) is 0 Å². The lowest BCUT2D eigenvalue weighted by atomic mass is 9.81. The molecule has 0 aromatic heterocycles. The van der Waals surface area contributed by atoms with Gasteiger partial charge in [0.05, 0.1) is 5.92 Å². The second-order valence-corrected chi connectivity index (χ2v) is 5.69. The van der Waals surface area contributed by atoms with E-state index in [0.717, 1.165) is 12.8 Å². The summed E-state index contributed by atoms with van der Waals surface area (Å²) >= 11 is 0. The van der Waals surface area contributed by atoms with E-state index >= 15 is 0 Å². The van der Waals surface area contributed by atoms with Gasteiger partial charge in [0, 0.05) is 33.2 Å². The molecule has 2 rings (SSSR count). The van der Waals surface area contributed by atoms with Crippen molar-refractivity contribution in [2.45, 2.75) is 37.9 Å². The number of carbonyl (C=O) groups excluding carboxylic acids is 1. The number of likely N-dealkylation sites (tertiary alicyclic amines) is 1. The van der Waals surface area contributed by atoms with Crippen LogP contribution in [0.25, 0.3) is 0 Å². The molecule has 0 spiro atoms. The standard InChI is InChI=1S/C14H23NO5/c1-19-11-7-15(8-12(11)20-2)13(16)9-4-3-5-10(6-9)14(17)18/h9-12H,3-8H2,1-2H3,(H,17,18). The van der Waals surface area contributed by atoms with E-state index in [1.54, 1.807) is 19.1 Å². The summed E-state index contributed by atoms with van der Waals surface area (Å²) < 4.78 is 10.7.